The van der Waals surface area contributed by atoms with Gasteiger partial charge < -0.3 is 10.4 Å². The number of carbonyl (C=O) groups excluding carboxylic acids is 1. The lowest BCUT2D eigenvalue weighted by Crippen LogP contribution is -2.29. The Bertz CT molecular complexity index is 677. The Balaban J connectivity index is 2.04. The number of rotatable bonds is 5. The highest BCUT2D eigenvalue weighted by Crippen LogP contribution is 2.09. The molecule has 0 aliphatic rings. The third-order valence-corrected chi connectivity index (χ3v) is 2.92. The molecule has 0 aliphatic heterocycles. The van der Waals surface area contributed by atoms with Gasteiger partial charge in [0.05, 0.1) is 0 Å². The number of hydrogen-bond acceptors (Lipinski definition) is 4. The van der Waals surface area contributed by atoms with E-state index in [1.54, 1.807) is 24.3 Å². The standard InChI is InChI=1S/C15H17N3O3/c1-2-9-18-14(20)8-7-13(17-18)15(21)16-10-11-3-5-12(19)6-4-11/h3-8,19H,2,9-10H2,1H3,(H,16,21). The predicted octanol–water partition coefficient (Wildman–Crippen LogP) is 1.29. The zero-order valence-electron chi connectivity index (χ0n) is 11.7. The minimum Gasteiger partial charge on any atom is -0.508 e. The molecule has 110 valence electrons. The summed E-state index contributed by atoms with van der Waals surface area (Å²) in [6, 6.07) is 9.32. The molecule has 6 heteroatoms. The number of amides is 1. The van der Waals surface area contributed by atoms with Crippen molar-refractivity contribution in [1.82, 2.24) is 15.1 Å². The number of aromatic hydroxyl groups is 1. The summed E-state index contributed by atoms with van der Waals surface area (Å²) in [7, 11) is 0. The highest BCUT2D eigenvalue weighted by Gasteiger charge is 2.09. The summed E-state index contributed by atoms with van der Waals surface area (Å²) in [6.45, 7) is 2.75. The lowest BCUT2D eigenvalue weighted by atomic mass is 10.2. The molecule has 2 N–H and O–H groups in total. The molecular weight excluding hydrogens is 270 g/mol. The second-order valence-corrected chi connectivity index (χ2v) is 4.63. The average Bonchev–Trinajstić information content (AvgIpc) is 2.49. The molecule has 6 nitrogen and oxygen atoms in total. The molecule has 1 aromatic heterocycles. The third kappa shape index (κ3) is 3.92. The van der Waals surface area contributed by atoms with Crippen LogP contribution < -0.4 is 10.9 Å². The first kappa shape index (κ1) is 14.8. The van der Waals surface area contributed by atoms with Crippen LogP contribution in [0.1, 0.15) is 29.4 Å². The van der Waals surface area contributed by atoms with Gasteiger partial charge in [0.1, 0.15) is 11.4 Å². The Morgan fingerprint density at radius 2 is 1.95 bits per heavy atom. The van der Waals surface area contributed by atoms with Crippen molar-refractivity contribution in [3.8, 4) is 5.75 Å². The fraction of sp³-hybridized carbons (Fsp3) is 0.267. The molecule has 2 aromatic rings. The number of carbonyl (C=O) groups is 1. The first-order chi connectivity index (χ1) is 10.1. The lowest BCUT2D eigenvalue weighted by Gasteiger charge is -2.07. The van der Waals surface area contributed by atoms with E-state index in [1.165, 1.54) is 16.8 Å². The lowest BCUT2D eigenvalue weighted by molar-refractivity contribution is 0.0943. The van der Waals surface area contributed by atoms with E-state index in [1.807, 2.05) is 6.92 Å². The molecule has 0 aliphatic carbocycles. The number of aromatic nitrogens is 2. The average molecular weight is 287 g/mol. The van der Waals surface area contributed by atoms with Gasteiger partial charge in [-0.05, 0) is 30.2 Å². The SMILES string of the molecule is CCCn1nc(C(=O)NCc2ccc(O)cc2)ccc1=O. The minimum atomic E-state index is -0.340. The largest absolute Gasteiger partial charge is 0.508 e. The van der Waals surface area contributed by atoms with Crippen LogP contribution in [-0.2, 0) is 13.1 Å². The number of nitrogens with zero attached hydrogens (tertiary/aromatic N) is 2. The summed E-state index contributed by atoms with van der Waals surface area (Å²) in [5.41, 5.74) is 0.858. The van der Waals surface area contributed by atoms with Gasteiger partial charge in [-0.2, -0.15) is 5.10 Å². The summed E-state index contributed by atoms with van der Waals surface area (Å²) < 4.78 is 1.29. The number of phenols is 1. The van der Waals surface area contributed by atoms with Gasteiger partial charge in [0, 0.05) is 19.2 Å². The van der Waals surface area contributed by atoms with E-state index in [9.17, 15) is 14.7 Å². The Kier molecular flexibility index (Phi) is 4.71. The Hall–Kier alpha value is -2.63. The van der Waals surface area contributed by atoms with Crippen LogP contribution in [0.3, 0.4) is 0 Å². The Morgan fingerprint density at radius 3 is 2.62 bits per heavy atom. The fourth-order valence-corrected chi connectivity index (χ4v) is 1.83. The van der Waals surface area contributed by atoms with Crippen LogP contribution in [-0.4, -0.2) is 20.8 Å². The summed E-state index contributed by atoms with van der Waals surface area (Å²) in [5, 5.41) is 16.0. The summed E-state index contributed by atoms with van der Waals surface area (Å²) in [4.78, 5) is 23.6. The number of hydrogen-bond donors (Lipinski definition) is 2. The highest BCUT2D eigenvalue weighted by atomic mass is 16.3. The molecule has 0 radical (unpaired) electrons. The van der Waals surface area contributed by atoms with E-state index in [4.69, 9.17) is 0 Å². The van der Waals surface area contributed by atoms with Crippen molar-refractivity contribution in [2.24, 2.45) is 0 Å². The molecule has 1 amide bonds. The maximum atomic E-state index is 12.0. The van der Waals surface area contributed by atoms with Crippen LogP contribution in [0.4, 0.5) is 0 Å². The smallest absolute Gasteiger partial charge is 0.271 e. The summed E-state index contributed by atoms with van der Waals surface area (Å²) in [5.74, 6) is -0.161. The maximum absolute atomic E-state index is 12.0. The zero-order chi connectivity index (χ0) is 15.2. The van der Waals surface area contributed by atoms with Crippen LogP contribution >= 0.6 is 0 Å². The van der Waals surface area contributed by atoms with Crippen LogP contribution in [0, 0.1) is 0 Å². The van der Waals surface area contributed by atoms with Gasteiger partial charge in [-0.25, -0.2) is 4.68 Å². The molecule has 0 saturated heterocycles. The van der Waals surface area contributed by atoms with Crippen molar-refractivity contribution < 1.29 is 9.90 Å². The summed E-state index contributed by atoms with van der Waals surface area (Å²) in [6.07, 6.45) is 0.769. The monoisotopic (exact) mass is 287 g/mol. The fourth-order valence-electron chi connectivity index (χ4n) is 1.83. The highest BCUT2D eigenvalue weighted by molar-refractivity contribution is 5.91. The van der Waals surface area contributed by atoms with E-state index in [0.717, 1.165) is 12.0 Å². The summed E-state index contributed by atoms with van der Waals surface area (Å²) >= 11 is 0. The molecule has 21 heavy (non-hydrogen) atoms. The van der Waals surface area contributed by atoms with E-state index in [2.05, 4.69) is 10.4 Å². The molecule has 0 atom stereocenters. The normalized spacial score (nSPS) is 10.3. The topological polar surface area (TPSA) is 84.2 Å². The Labute approximate surface area is 122 Å². The van der Waals surface area contributed by atoms with Crippen LogP contribution in [0.5, 0.6) is 5.75 Å². The van der Waals surface area contributed by atoms with E-state index < -0.39 is 0 Å². The van der Waals surface area contributed by atoms with Gasteiger partial charge in [-0.15, -0.1) is 0 Å². The van der Waals surface area contributed by atoms with Gasteiger partial charge in [0.25, 0.3) is 11.5 Å². The quantitative estimate of drug-likeness (QED) is 0.868. The van der Waals surface area contributed by atoms with Crippen molar-refractivity contribution >= 4 is 5.91 Å². The Morgan fingerprint density at radius 1 is 1.24 bits per heavy atom. The van der Waals surface area contributed by atoms with Crippen molar-refractivity contribution in [3.05, 3.63) is 58.0 Å². The van der Waals surface area contributed by atoms with Crippen molar-refractivity contribution in [1.29, 1.82) is 0 Å². The van der Waals surface area contributed by atoms with Crippen LogP contribution in [0.2, 0.25) is 0 Å². The molecule has 1 heterocycles. The first-order valence-electron chi connectivity index (χ1n) is 6.74. The second kappa shape index (κ2) is 6.69. The van der Waals surface area contributed by atoms with Crippen molar-refractivity contribution in [2.75, 3.05) is 0 Å². The van der Waals surface area contributed by atoms with E-state index >= 15 is 0 Å². The van der Waals surface area contributed by atoms with Crippen molar-refractivity contribution in [3.63, 3.8) is 0 Å². The molecular formula is C15H17N3O3. The van der Waals surface area contributed by atoms with Gasteiger partial charge in [0.2, 0.25) is 0 Å². The predicted molar refractivity (Wildman–Crippen MR) is 78.1 cm³/mol. The molecule has 0 unspecified atom stereocenters. The number of phenolic OH excluding ortho intramolecular Hbond substituents is 1. The number of aryl methyl sites for hydroxylation is 1. The molecule has 0 fully saturated rings. The first-order valence-corrected chi connectivity index (χ1v) is 6.74. The molecule has 0 saturated carbocycles. The van der Waals surface area contributed by atoms with Crippen molar-refractivity contribution in [2.45, 2.75) is 26.4 Å². The maximum Gasteiger partial charge on any atom is 0.271 e. The number of benzene rings is 1. The van der Waals surface area contributed by atoms with Gasteiger partial charge >= 0.3 is 0 Å². The van der Waals surface area contributed by atoms with Gasteiger partial charge in [0.15, 0.2) is 0 Å². The molecule has 0 spiro atoms. The molecule has 2 rings (SSSR count). The molecule has 0 bridgehead atoms. The van der Waals surface area contributed by atoms with E-state index in [0.29, 0.717) is 13.1 Å². The van der Waals surface area contributed by atoms with Crippen LogP contribution in [0.15, 0.2) is 41.2 Å². The van der Waals surface area contributed by atoms with E-state index in [-0.39, 0.29) is 22.9 Å². The van der Waals surface area contributed by atoms with Gasteiger partial charge in [-0.1, -0.05) is 19.1 Å². The third-order valence-electron chi connectivity index (χ3n) is 2.92. The second-order valence-electron chi connectivity index (χ2n) is 4.63. The zero-order valence-corrected chi connectivity index (χ0v) is 11.7. The number of nitrogens with one attached hydrogen (secondary N) is 1. The molecule has 1 aromatic carbocycles. The van der Waals surface area contributed by atoms with Crippen LogP contribution in [0.25, 0.3) is 0 Å². The van der Waals surface area contributed by atoms with Gasteiger partial charge in [-0.3, -0.25) is 9.59 Å². The minimum absolute atomic E-state index is 0.179.